The summed E-state index contributed by atoms with van der Waals surface area (Å²) in [6.45, 7) is 14.6. The summed E-state index contributed by atoms with van der Waals surface area (Å²) in [7, 11) is 0. The molecule has 0 atom stereocenters. The topological polar surface area (TPSA) is 106 Å². The number of nitrogens with zero attached hydrogens (tertiary/aromatic N) is 3. The SMILES string of the molecule is CCCCNc1nc(N(C(=O)OC(C)(C)C)C(=O)OC(C)(C)C)nc2c1CCNC2. The van der Waals surface area contributed by atoms with E-state index in [1.165, 1.54) is 0 Å². The Morgan fingerprint density at radius 1 is 1.07 bits per heavy atom. The smallest absolute Gasteiger partial charge is 0.427 e. The van der Waals surface area contributed by atoms with Gasteiger partial charge in [-0.2, -0.15) is 4.98 Å². The van der Waals surface area contributed by atoms with Crippen molar-refractivity contribution in [3.05, 3.63) is 11.3 Å². The lowest BCUT2D eigenvalue weighted by Crippen LogP contribution is -2.45. The Kier molecular flexibility index (Phi) is 7.63. The number of fused-ring (bicyclic) bond motifs is 1. The van der Waals surface area contributed by atoms with Crippen molar-refractivity contribution in [3.8, 4) is 0 Å². The Bertz CT molecular complexity index is 740. The second kappa shape index (κ2) is 9.59. The number of ether oxygens (including phenoxy) is 2. The number of rotatable bonds is 5. The quantitative estimate of drug-likeness (QED) is 0.687. The van der Waals surface area contributed by atoms with Crippen LogP contribution in [0.5, 0.6) is 0 Å². The minimum Gasteiger partial charge on any atom is -0.443 e. The molecule has 9 heteroatoms. The van der Waals surface area contributed by atoms with Crippen LogP contribution in [0.2, 0.25) is 0 Å². The molecule has 1 aliphatic rings. The number of aromatic nitrogens is 2. The molecule has 0 aromatic carbocycles. The molecule has 1 aromatic rings. The maximum Gasteiger partial charge on any atom is 0.427 e. The summed E-state index contributed by atoms with van der Waals surface area (Å²) < 4.78 is 10.9. The third-order valence-electron chi connectivity index (χ3n) is 4.10. The first-order chi connectivity index (χ1) is 13.9. The summed E-state index contributed by atoms with van der Waals surface area (Å²) in [5.74, 6) is 0.585. The molecule has 0 spiro atoms. The number of unbranched alkanes of at least 4 members (excludes halogenated alkanes) is 1. The highest BCUT2D eigenvalue weighted by molar-refractivity contribution is 6.08. The number of carbonyl (C=O) groups is 2. The van der Waals surface area contributed by atoms with Gasteiger partial charge in [0.2, 0.25) is 5.95 Å². The van der Waals surface area contributed by atoms with Gasteiger partial charge in [0, 0.05) is 18.7 Å². The number of amides is 2. The fraction of sp³-hybridized carbons (Fsp3) is 0.714. The lowest BCUT2D eigenvalue weighted by Gasteiger charge is -2.28. The summed E-state index contributed by atoms with van der Waals surface area (Å²) in [6.07, 6.45) is 1.04. The minimum atomic E-state index is -0.875. The van der Waals surface area contributed by atoms with Crippen LogP contribution in [0.25, 0.3) is 0 Å². The van der Waals surface area contributed by atoms with E-state index in [9.17, 15) is 9.59 Å². The van der Waals surface area contributed by atoms with E-state index >= 15 is 0 Å². The molecule has 2 rings (SSSR count). The highest BCUT2D eigenvalue weighted by atomic mass is 16.6. The summed E-state index contributed by atoms with van der Waals surface area (Å²) in [5.41, 5.74) is 0.161. The number of hydrogen-bond donors (Lipinski definition) is 2. The van der Waals surface area contributed by atoms with Crippen LogP contribution in [0.15, 0.2) is 0 Å². The lowest BCUT2D eigenvalue weighted by atomic mass is 10.1. The van der Waals surface area contributed by atoms with Gasteiger partial charge in [0.1, 0.15) is 17.0 Å². The zero-order valence-corrected chi connectivity index (χ0v) is 19.2. The molecule has 168 valence electrons. The van der Waals surface area contributed by atoms with Gasteiger partial charge in [-0.05, 0) is 60.9 Å². The summed E-state index contributed by atoms with van der Waals surface area (Å²) >= 11 is 0. The Hall–Kier alpha value is -2.42. The van der Waals surface area contributed by atoms with Gasteiger partial charge < -0.3 is 20.1 Å². The van der Waals surface area contributed by atoms with Crippen molar-refractivity contribution in [2.75, 3.05) is 23.3 Å². The Labute approximate surface area is 178 Å². The van der Waals surface area contributed by atoms with Crippen LogP contribution >= 0.6 is 0 Å². The number of hydrogen-bond acceptors (Lipinski definition) is 8. The third-order valence-corrected chi connectivity index (χ3v) is 4.10. The van der Waals surface area contributed by atoms with Gasteiger partial charge in [-0.25, -0.2) is 14.6 Å². The summed E-state index contributed by atoms with van der Waals surface area (Å²) in [5, 5.41) is 6.60. The number of carbonyl (C=O) groups excluding carboxylic acids is 2. The molecule has 0 aliphatic carbocycles. The fourth-order valence-corrected chi connectivity index (χ4v) is 2.83. The van der Waals surface area contributed by atoms with Crippen LogP contribution in [0.3, 0.4) is 0 Å². The van der Waals surface area contributed by atoms with Gasteiger partial charge >= 0.3 is 12.2 Å². The third kappa shape index (κ3) is 6.83. The summed E-state index contributed by atoms with van der Waals surface area (Å²) in [4.78, 5) is 35.7. The Balaban J connectivity index is 2.48. The molecule has 2 heterocycles. The van der Waals surface area contributed by atoms with Crippen LogP contribution in [0.4, 0.5) is 21.4 Å². The highest BCUT2D eigenvalue weighted by Gasteiger charge is 2.35. The maximum atomic E-state index is 12.9. The first-order valence-corrected chi connectivity index (χ1v) is 10.5. The molecule has 0 fully saturated rings. The van der Waals surface area contributed by atoms with Crippen molar-refractivity contribution in [2.24, 2.45) is 0 Å². The molecule has 30 heavy (non-hydrogen) atoms. The van der Waals surface area contributed by atoms with Crippen molar-refractivity contribution < 1.29 is 19.1 Å². The first-order valence-electron chi connectivity index (χ1n) is 10.5. The molecule has 1 aliphatic heterocycles. The average molecular weight is 422 g/mol. The van der Waals surface area contributed by atoms with Crippen LogP contribution in [-0.2, 0) is 22.4 Å². The predicted molar refractivity (Wildman–Crippen MR) is 116 cm³/mol. The van der Waals surface area contributed by atoms with E-state index in [1.807, 2.05) is 0 Å². The molecule has 1 aromatic heterocycles. The zero-order chi connectivity index (χ0) is 22.5. The molecular weight excluding hydrogens is 386 g/mol. The molecule has 0 bridgehead atoms. The number of anilines is 2. The van der Waals surface area contributed by atoms with Crippen LogP contribution in [-0.4, -0.2) is 46.4 Å². The van der Waals surface area contributed by atoms with Crippen LogP contribution in [0, 0.1) is 0 Å². The van der Waals surface area contributed by atoms with Gasteiger partial charge in [-0.15, -0.1) is 4.90 Å². The fourth-order valence-electron chi connectivity index (χ4n) is 2.83. The molecular formula is C21H35N5O4. The number of nitrogens with one attached hydrogen (secondary N) is 2. The van der Waals surface area contributed by atoms with E-state index in [2.05, 4.69) is 27.5 Å². The molecule has 2 N–H and O–H groups in total. The second-order valence-electron chi connectivity index (χ2n) is 9.30. The largest absolute Gasteiger partial charge is 0.443 e. The molecule has 0 saturated carbocycles. The standard InChI is InChI=1S/C21H35N5O4/c1-8-9-11-23-16-14-10-12-22-13-15(14)24-17(25-16)26(18(27)29-20(2,3)4)19(28)30-21(5,6)7/h22H,8-13H2,1-7H3,(H,23,24,25). The van der Waals surface area contributed by atoms with Crippen LogP contribution in [0.1, 0.15) is 72.6 Å². The zero-order valence-electron chi connectivity index (χ0n) is 19.2. The lowest BCUT2D eigenvalue weighted by molar-refractivity contribution is 0.0427. The number of imide groups is 1. The second-order valence-corrected chi connectivity index (χ2v) is 9.30. The van der Waals surface area contributed by atoms with E-state index in [-0.39, 0.29) is 5.95 Å². The van der Waals surface area contributed by atoms with Gasteiger partial charge in [0.05, 0.1) is 5.69 Å². The molecule has 0 saturated heterocycles. The maximum absolute atomic E-state index is 12.9. The predicted octanol–water partition coefficient (Wildman–Crippen LogP) is 4.01. The summed E-state index contributed by atoms with van der Waals surface area (Å²) in [6, 6.07) is 0. The van der Waals surface area contributed by atoms with Gasteiger partial charge in [-0.1, -0.05) is 13.3 Å². The van der Waals surface area contributed by atoms with E-state index in [0.29, 0.717) is 12.4 Å². The van der Waals surface area contributed by atoms with Crippen molar-refractivity contribution >= 4 is 24.0 Å². The molecule has 2 amide bonds. The first kappa shape index (κ1) is 23.9. The average Bonchev–Trinajstić information content (AvgIpc) is 2.59. The van der Waals surface area contributed by atoms with E-state index in [0.717, 1.165) is 48.5 Å². The van der Waals surface area contributed by atoms with E-state index in [1.54, 1.807) is 41.5 Å². The van der Waals surface area contributed by atoms with Gasteiger partial charge in [0.15, 0.2) is 0 Å². The Morgan fingerprint density at radius 3 is 2.20 bits per heavy atom. The van der Waals surface area contributed by atoms with Crippen LogP contribution < -0.4 is 15.5 Å². The van der Waals surface area contributed by atoms with Crippen molar-refractivity contribution in [1.82, 2.24) is 15.3 Å². The monoisotopic (exact) mass is 421 g/mol. The van der Waals surface area contributed by atoms with Crippen molar-refractivity contribution in [3.63, 3.8) is 0 Å². The van der Waals surface area contributed by atoms with Crippen molar-refractivity contribution in [2.45, 2.75) is 85.5 Å². The van der Waals surface area contributed by atoms with E-state index in [4.69, 9.17) is 9.47 Å². The molecule has 9 nitrogen and oxygen atoms in total. The van der Waals surface area contributed by atoms with Crippen molar-refractivity contribution in [1.29, 1.82) is 0 Å². The molecule has 0 unspecified atom stereocenters. The molecule has 0 radical (unpaired) electrons. The highest BCUT2D eigenvalue weighted by Crippen LogP contribution is 2.26. The Morgan fingerprint density at radius 2 is 1.67 bits per heavy atom. The van der Waals surface area contributed by atoms with E-state index < -0.39 is 23.4 Å². The normalized spacial score (nSPS) is 14.0. The van der Waals surface area contributed by atoms with Gasteiger partial charge in [-0.3, -0.25) is 0 Å². The minimum absolute atomic E-state index is 0.0556. The van der Waals surface area contributed by atoms with Gasteiger partial charge in [0.25, 0.3) is 0 Å².